The van der Waals surface area contributed by atoms with Gasteiger partial charge in [0.25, 0.3) is 0 Å². The summed E-state index contributed by atoms with van der Waals surface area (Å²) < 4.78 is 28.4. The molecule has 7 heteroatoms. The minimum absolute atomic E-state index is 0.0138. The second kappa shape index (κ2) is 11.0. The van der Waals surface area contributed by atoms with E-state index in [1.165, 1.54) is 41.3 Å². The van der Waals surface area contributed by atoms with Crippen LogP contribution in [0.25, 0.3) is 0 Å². The molecule has 174 valence electrons. The Labute approximate surface area is 197 Å². The van der Waals surface area contributed by atoms with Gasteiger partial charge in [0.1, 0.15) is 17.7 Å². The first-order valence-electron chi connectivity index (χ1n) is 11.5. The molecule has 1 unspecified atom stereocenters. The molecule has 0 saturated heterocycles. The van der Waals surface area contributed by atoms with Crippen LogP contribution >= 0.6 is 11.8 Å². The summed E-state index contributed by atoms with van der Waals surface area (Å²) in [5.74, 6) is -0.792. The highest BCUT2D eigenvalue weighted by atomic mass is 32.2. The summed E-state index contributed by atoms with van der Waals surface area (Å²) in [6.45, 7) is 0. The number of rotatable bonds is 7. The lowest BCUT2D eigenvalue weighted by Crippen LogP contribution is -2.47. The minimum atomic E-state index is -1.11. The molecule has 1 fully saturated rings. The number of anilines is 1. The molecule has 2 aromatic carbocycles. The molecule has 2 amide bonds. The van der Waals surface area contributed by atoms with E-state index < -0.39 is 17.7 Å². The Morgan fingerprint density at radius 3 is 2.42 bits per heavy atom. The maximum atomic E-state index is 14.2. The predicted molar refractivity (Wildman–Crippen MR) is 128 cm³/mol. The molecule has 1 aliphatic heterocycles. The van der Waals surface area contributed by atoms with Crippen LogP contribution < -0.4 is 10.2 Å². The average molecular weight is 471 g/mol. The second-order valence-corrected chi connectivity index (χ2v) is 9.75. The molecule has 4 nitrogen and oxygen atoms in total. The first-order valence-corrected chi connectivity index (χ1v) is 12.4. The van der Waals surface area contributed by atoms with Gasteiger partial charge in [0, 0.05) is 17.5 Å². The van der Waals surface area contributed by atoms with Crippen molar-refractivity contribution >= 4 is 29.3 Å². The van der Waals surface area contributed by atoms with Crippen LogP contribution in [-0.2, 0) is 9.59 Å². The summed E-state index contributed by atoms with van der Waals surface area (Å²) in [6, 6.07) is 10.3. The second-order valence-electron chi connectivity index (χ2n) is 8.53. The molecular formula is C26H28F2N2O2S. The van der Waals surface area contributed by atoms with Crippen molar-refractivity contribution in [1.29, 1.82) is 0 Å². The Balaban J connectivity index is 1.73. The van der Waals surface area contributed by atoms with Crippen molar-refractivity contribution in [3.63, 3.8) is 0 Å². The van der Waals surface area contributed by atoms with Gasteiger partial charge in [-0.05, 0) is 60.1 Å². The number of carbonyl (C=O) groups excluding carboxylic acids is 2. The van der Waals surface area contributed by atoms with Gasteiger partial charge in [-0.1, -0.05) is 43.5 Å². The average Bonchev–Trinajstić information content (AvgIpc) is 3.31. The van der Waals surface area contributed by atoms with E-state index in [4.69, 9.17) is 0 Å². The number of nitrogens with zero attached hydrogens (tertiary/aromatic N) is 1. The maximum Gasteiger partial charge on any atom is 0.248 e. The largest absolute Gasteiger partial charge is 0.351 e. The molecule has 1 saturated carbocycles. The van der Waals surface area contributed by atoms with E-state index in [9.17, 15) is 18.4 Å². The van der Waals surface area contributed by atoms with Gasteiger partial charge >= 0.3 is 0 Å². The summed E-state index contributed by atoms with van der Waals surface area (Å²) in [5.41, 5.74) is 0.630. The Bertz CT molecular complexity index is 1040. The molecule has 1 heterocycles. The van der Waals surface area contributed by atoms with Gasteiger partial charge in [-0.25, -0.2) is 8.78 Å². The fourth-order valence-electron chi connectivity index (χ4n) is 4.51. The molecule has 0 bridgehead atoms. The zero-order valence-electron chi connectivity index (χ0n) is 18.4. The third-order valence-corrected chi connectivity index (χ3v) is 7.20. The van der Waals surface area contributed by atoms with Crippen LogP contribution in [0.2, 0.25) is 0 Å². The van der Waals surface area contributed by atoms with Crippen molar-refractivity contribution in [2.45, 2.75) is 57.0 Å². The van der Waals surface area contributed by atoms with Crippen LogP contribution in [0, 0.1) is 11.6 Å². The molecule has 2 aromatic rings. The van der Waals surface area contributed by atoms with Crippen molar-refractivity contribution in [3.05, 3.63) is 76.7 Å². The molecule has 4 rings (SSSR count). The maximum absolute atomic E-state index is 14.2. The van der Waals surface area contributed by atoms with Crippen molar-refractivity contribution in [3.8, 4) is 0 Å². The number of benzene rings is 2. The number of amides is 2. The van der Waals surface area contributed by atoms with Crippen LogP contribution in [0.3, 0.4) is 0 Å². The Morgan fingerprint density at radius 2 is 1.76 bits per heavy atom. The lowest BCUT2D eigenvalue weighted by Gasteiger charge is -2.33. The zero-order chi connectivity index (χ0) is 23.2. The molecule has 2 aliphatic rings. The third-order valence-electron chi connectivity index (χ3n) is 6.08. The Kier molecular flexibility index (Phi) is 7.81. The molecule has 33 heavy (non-hydrogen) atoms. The third kappa shape index (κ3) is 6.02. The van der Waals surface area contributed by atoms with Crippen LogP contribution in [0.5, 0.6) is 0 Å². The molecule has 0 radical (unpaired) electrons. The van der Waals surface area contributed by atoms with E-state index >= 15 is 0 Å². The van der Waals surface area contributed by atoms with Crippen molar-refractivity contribution in [2.24, 2.45) is 0 Å². The molecule has 1 N–H and O–H groups in total. The molecule has 0 spiro atoms. The fraction of sp³-hybridized carbons (Fsp3) is 0.385. The van der Waals surface area contributed by atoms with Crippen LogP contribution in [0.1, 0.15) is 56.6 Å². The molecule has 1 aliphatic carbocycles. The van der Waals surface area contributed by atoms with Crippen molar-refractivity contribution in [2.75, 3.05) is 10.7 Å². The number of thioether (sulfide) groups is 1. The fourth-order valence-corrected chi connectivity index (χ4v) is 5.47. The topological polar surface area (TPSA) is 49.4 Å². The van der Waals surface area contributed by atoms with Gasteiger partial charge in [-0.3, -0.25) is 14.5 Å². The SMILES string of the molecule is O=C(NC1CCCCC1)C(c1cccc(F)c1)N(C(=O)CC1=CCCS1)c1cccc(F)c1. The lowest BCUT2D eigenvalue weighted by atomic mass is 9.94. The van der Waals surface area contributed by atoms with E-state index in [1.54, 1.807) is 23.9 Å². The highest BCUT2D eigenvalue weighted by Gasteiger charge is 2.35. The van der Waals surface area contributed by atoms with Crippen LogP contribution in [0.15, 0.2) is 59.5 Å². The summed E-state index contributed by atoms with van der Waals surface area (Å²) in [7, 11) is 0. The van der Waals surface area contributed by atoms with Gasteiger partial charge in [-0.15, -0.1) is 11.8 Å². The molecule has 1 atom stereocenters. The summed E-state index contributed by atoms with van der Waals surface area (Å²) >= 11 is 1.61. The molecular weight excluding hydrogens is 442 g/mol. The summed E-state index contributed by atoms with van der Waals surface area (Å²) in [4.78, 5) is 29.5. The number of hydrogen-bond donors (Lipinski definition) is 1. The highest BCUT2D eigenvalue weighted by molar-refractivity contribution is 8.03. The number of nitrogens with one attached hydrogen (secondary N) is 1. The van der Waals surface area contributed by atoms with Crippen LogP contribution in [-0.4, -0.2) is 23.6 Å². The highest BCUT2D eigenvalue weighted by Crippen LogP contribution is 2.34. The first-order chi connectivity index (χ1) is 16.0. The van der Waals surface area contributed by atoms with Gasteiger partial charge in [0.2, 0.25) is 11.8 Å². The van der Waals surface area contributed by atoms with Gasteiger partial charge < -0.3 is 5.32 Å². The Hall–Kier alpha value is -2.67. The zero-order valence-corrected chi connectivity index (χ0v) is 19.3. The number of halogens is 2. The number of hydrogen-bond acceptors (Lipinski definition) is 3. The standard InChI is InChI=1S/C26H28F2N2O2S/c27-19-8-4-7-18(15-19)25(26(32)29-21-10-2-1-3-11-21)30(22-12-5-9-20(28)16-22)24(31)17-23-13-6-14-33-23/h4-5,7-9,12-13,15-16,21,25H,1-3,6,10-11,14,17H2,(H,29,32). The number of allylic oxidation sites excluding steroid dienone is 1. The van der Waals surface area contributed by atoms with Gasteiger partial charge in [-0.2, -0.15) is 0 Å². The van der Waals surface area contributed by atoms with E-state index in [1.807, 2.05) is 6.08 Å². The van der Waals surface area contributed by atoms with E-state index in [2.05, 4.69) is 5.32 Å². The van der Waals surface area contributed by atoms with Gasteiger partial charge in [0.15, 0.2) is 0 Å². The minimum Gasteiger partial charge on any atom is -0.351 e. The summed E-state index contributed by atoms with van der Waals surface area (Å²) in [5, 5.41) is 3.08. The van der Waals surface area contributed by atoms with E-state index in [0.29, 0.717) is 5.56 Å². The first kappa shape index (κ1) is 23.5. The van der Waals surface area contributed by atoms with Crippen molar-refractivity contribution in [1.82, 2.24) is 5.32 Å². The van der Waals surface area contributed by atoms with Crippen molar-refractivity contribution < 1.29 is 18.4 Å². The van der Waals surface area contributed by atoms with Gasteiger partial charge in [0.05, 0.1) is 6.42 Å². The van der Waals surface area contributed by atoms with E-state index in [-0.39, 0.29) is 30.0 Å². The smallest absolute Gasteiger partial charge is 0.248 e. The molecule has 0 aromatic heterocycles. The quantitative estimate of drug-likeness (QED) is 0.548. The predicted octanol–water partition coefficient (Wildman–Crippen LogP) is 5.90. The number of carbonyl (C=O) groups is 2. The van der Waals surface area contributed by atoms with E-state index in [0.717, 1.165) is 49.2 Å². The lowest BCUT2D eigenvalue weighted by molar-refractivity contribution is -0.127. The monoisotopic (exact) mass is 470 g/mol. The normalized spacial score (nSPS) is 17.3. The Morgan fingerprint density at radius 1 is 1.03 bits per heavy atom. The van der Waals surface area contributed by atoms with Crippen LogP contribution in [0.4, 0.5) is 14.5 Å². The summed E-state index contributed by atoms with van der Waals surface area (Å²) in [6.07, 6.45) is 7.98.